The molecule has 1 aliphatic rings. The fourth-order valence-corrected chi connectivity index (χ4v) is 6.30. The van der Waals surface area contributed by atoms with E-state index >= 15 is 4.39 Å². The first-order valence-electron chi connectivity index (χ1n) is 18.6. The van der Waals surface area contributed by atoms with E-state index in [2.05, 4.69) is 53.7 Å². The van der Waals surface area contributed by atoms with Crippen LogP contribution in [-0.4, -0.2) is 56.0 Å². The lowest BCUT2D eigenvalue weighted by atomic mass is 9.98. The van der Waals surface area contributed by atoms with Crippen LogP contribution in [0.15, 0.2) is 88.9 Å². The summed E-state index contributed by atoms with van der Waals surface area (Å²) in [4.78, 5) is 14.2. The van der Waals surface area contributed by atoms with Crippen LogP contribution < -0.4 is 22.1 Å². The average molecular weight is 738 g/mol. The van der Waals surface area contributed by atoms with Crippen LogP contribution >= 0.6 is 12.6 Å². The molecule has 1 aliphatic heterocycles. The molecule has 0 amide bonds. The molecule has 6 N–H and O–H groups in total. The third kappa shape index (κ3) is 14.4. The van der Waals surface area contributed by atoms with Crippen molar-refractivity contribution in [1.29, 1.82) is 0 Å². The van der Waals surface area contributed by atoms with Gasteiger partial charge < -0.3 is 22.1 Å². The molecule has 0 spiro atoms. The zero-order chi connectivity index (χ0) is 39.2. The molecular formula is C42H65F2N7S. The maximum absolute atomic E-state index is 15.3. The van der Waals surface area contributed by atoms with Gasteiger partial charge in [-0.25, -0.2) is 9.38 Å². The van der Waals surface area contributed by atoms with E-state index in [1.165, 1.54) is 0 Å². The van der Waals surface area contributed by atoms with Crippen molar-refractivity contribution in [3.05, 3.63) is 102 Å². The smallest absolute Gasteiger partial charge is 0.135 e. The number of aliphatic imine (C=N–C) groups is 2. The van der Waals surface area contributed by atoms with Crippen LogP contribution in [0.1, 0.15) is 101 Å². The number of anilines is 1. The van der Waals surface area contributed by atoms with Gasteiger partial charge in [-0.2, -0.15) is 0 Å². The minimum atomic E-state index is -0.353. The molecule has 52 heavy (non-hydrogen) atoms. The van der Waals surface area contributed by atoms with Crippen LogP contribution in [0.2, 0.25) is 0 Å². The van der Waals surface area contributed by atoms with Crippen molar-refractivity contribution in [2.75, 3.05) is 38.3 Å². The second-order valence-corrected chi connectivity index (χ2v) is 13.0. The van der Waals surface area contributed by atoms with Gasteiger partial charge in [0.1, 0.15) is 11.7 Å². The monoisotopic (exact) mass is 737 g/mol. The number of amidine groups is 2. The average Bonchev–Trinajstić information content (AvgIpc) is 3.52. The van der Waals surface area contributed by atoms with Crippen molar-refractivity contribution in [3.63, 3.8) is 0 Å². The van der Waals surface area contributed by atoms with Crippen molar-refractivity contribution in [2.45, 2.75) is 103 Å². The summed E-state index contributed by atoms with van der Waals surface area (Å²) in [5.74, 6) is 0.692. The molecule has 0 radical (unpaired) electrons. The molecule has 0 aromatic heterocycles. The molecular weight excluding hydrogens is 673 g/mol. The van der Waals surface area contributed by atoms with E-state index in [1.54, 1.807) is 13.0 Å². The largest absolute Gasteiger partial charge is 0.387 e. The SMILES string of the molecule is C=C.C=CC(N)CCCc1cc(C)c(F)c(C2=C/C(=C/N(C)c3ccc(C(CCC)N(CCCF)CCCN=C(N)CC)c(S)c3)C(N)=N2)c1.CC. The van der Waals surface area contributed by atoms with Gasteiger partial charge >= 0.3 is 0 Å². The molecule has 0 bridgehead atoms. The summed E-state index contributed by atoms with van der Waals surface area (Å²) in [5.41, 5.74) is 23.5. The van der Waals surface area contributed by atoms with Gasteiger partial charge in [-0.15, -0.1) is 32.4 Å². The second-order valence-electron chi connectivity index (χ2n) is 12.5. The molecule has 10 heteroatoms. The number of halogens is 2. The predicted octanol–water partition coefficient (Wildman–Crippen LogP) is 9.48. The summed E-state index contributed by atoms with van der Waals surface area (Å²) in [5, 5.41) is 0. The molecule has 0 aliphatic carbocycles. The van der Waals surface area contributed by atoms with E-state index in [0.29, 0.717) is 53.6 Å². The highest BCUT2D eigenvalue weighted by atomic mass is 32.1. The van der Waals surface area contributed by atoms with Gasteiger partial charge in [0.25, 0.3) is 0 Å². The van der Waals surface area contributed by atoms with Crippen LogP contribution in [-0.2, 0) is 6.42 Å². The highest BCUT2D eigenvalue weighted by Gasteiger charge is 2.23. The number of thiol groups is 1. The Hall–Kier alpha value is -3.73. The van der Waals surface area contributed by atoms with E-state index in [4.69, 9.17) is 29.8 Å². The third-order valence-corrected chi connectivity index (χ3v) is 9.09. The van der Waals surface area contributed by atoms with Crippen molar-refractivity contribution in [1.82, 2.24) is 4.90 Å². The fourth-order valence-electron chi connectivity index (χ4n) is 5.94. The topological polar surface area (TPSA) is 109 Å². The van der Waals surface area contributed by atoms with Crippen LogP contribution in [0, 0.1) is 12.7 Å². The molecule has 2 aromatic rings. The van der Waals surface area contributed by atoms with Crippen molar-refractivity contribution in [3.8, 4) is 0 Å². The number of hydrogen-bond acceptors (Lipinski definition) is 7. The summed E-state index contributed by atoms with van der Waals surface area (Å²) in [7, 11) is 1.94. The molecule has 0 saturated heterocycles. The number of nitrogens with two attached hydrogens (primary N) is 3. The Morgan fingerprint density at radius 3 is 2.38 bits per heavy atom. The molecule has 0 saturated carbocycles. The van der Waals surface area contributed by atoms with Crippen molar-refractivity contribution >= 4 is 35.7 Å². The Labute approximate surface area is 319 Å². The maximum atomic E-state index is 15.3. The summed E-state index contributed by atoms with van der Waals surface area (Å²) < 4.78 is 28.6. The van der Waals surface area contributed by atoms with Crippen LogP contribution in [0.3, 0.4) is 0 Å². The van der Waals surface area contributed by atoms with Gasteiger partial charge in [0, 0.05) is 73.1 Å². The normalized spacial score (nSPS) is 14.5. The fraction of sp³-hybridized carbons (Fsp3) is 0.476. The number of rotatable bonds is 20. The first kappa shape index (κ1) is 46.3. The van der Waals surface area contributed by atoms with Gasteiger partial charge in [0.05, 0.1) is 18.2 Å². The highest BCUT2D eigenvalue weighted by Crippen LogP contribution is 2.34. The predicted molar refractivity (Wildman–Crippen MR) is 226 cm³/mol. The zero-order valence-electron chi connectivity index (χ0n) is 32.6. The first-order chi connectivity index (χ1) is 25.0. The molecule has 1 heterocycles. The van der Waals surface area contributed by atoms with Crippen molar-refractivity contribution < 1.29 is 8.78 Å². The molecule has 3 rings (SSSR count). The van der Waals surface area contributed by atoms with Gasteiger partial charge in [-0.3, -0.25) is 14.3 Å². The van der Waals surface area contributed by atoms with Crippen LogP contribution in [0.25, 0.3) is 5.70 Å². The van der Waals surface area contributed by atoms with Crippen LogP contribution in [0.4, 0.5) is 14.5 Å². The van der Waals surface area contributed by atoms with E-state index in [9.17, 15) is 4.39 Å². The standard InChI is InChI=1S/C38H55F2N7S.C2H6.C2H4/c1-6-12-34(47(19-10-17-39)20-11-18-44-36(42)8-3)31-16-15-30(24-35(31)48)46(5)25-28-23-33(45-38(28)43)32-22-27(21-26(4)37(32)40)13-9-14-29(41)7-2;2*1-2/h7,15-16,21-25,29,34,48H,2,6,8-14,17-20,41H2,1,3-5H3,(H2,42,44)(H2,43,45);1-2H3;1-2H2/b28-25-;;. The Kier molecular flexibility index (Phi) is 22.5. The number of aryl methyl sites for hydroxylation is 2. The zero-order valence-corrected chi connectivity index (χ0v) is 33.5. The lowest BCUT2D eigenvalue weighted by molar-refractivity contribution is 0.175. The summed E-state index contributed by atoms with van der Waals surface area (Å²) in [6.07, 6.45) is 11.9. The number of hydrogen-bond donors (Lipinski definition) is 4. The number of benzene rings is 2. The maximum Gasteiger partial charge on any atom is 0.135 e. The lowest BCUT2D eigenvalue weighted by Crippen LogP contribution is -2.32. The molecule has 2 atom stereocenters. The van der Waals surface area contributed by atoms with Gasteiger partial charge in [0.15, 0.2) is 0 Å². The van der Waals surface area contributed by atoms with E-state index < -0.39 is 0 Å². The lowest BCUT2D eigenvalue weighted by Gasteiger charge is -2.33. The number of nitrogens with zero attached hydrogens (tertiary/aromatic N) is 4. The molecule has 2 aromatic carbocycles. The van der Waals surface area contributed by atoms with Crippen molar-refractivity contribution in [2.24, 2.45) is 27.2 Å². The minimum absolute atomic E-state index is 0.0474. The molecule has 2 unspecified atom stereocenters. The summed E-state index contributed by atoms with van der Waals surface area (Å²) >= 11 is 4.93. The van der Waals surface area contributed by atoms with E-state index in [-0.39, 0.29) is 24.6 Å². The Morgan fingerprint density at radius 2 is 1.77 bits per heavy atom. The highest BCUT2D eigenvalue weighted by molar-refractivity contribution is 7.80. The molecule has 0 fully saturated rings. The van der Waals surface area contributed by atoms with E-state index in [1.807, 2.05) is 63.2 Å². The second kappa shape index (κ2) is 25.3. The van der Waals surface area contributed by atoms with Crippen LogP contribution in [0.5, 0.6) is 0 Å². The Balaban J connectivity index is 0.00000326. The van der Waals surface area contributed by atoms with E-state index in [0.717, 1.165) is 73.2 Å². The summed E-state index contributed by atoms with van der Waals surface area (Å²) in [6, 6.07) is 10.0. The first-order valence-corrected chi connectivity index (χ1v) is 19.1. The number of alkyl halides is 1. The summed E-state index contributed by atoms with van der Waals surface area (Å²) in [6.45, 7) is 21.4. The molecule has 7 nitrogen and oxygen atoms in total. The minimum Gasteiger partial charge on any atom is -0.387 e. The Morgan fingerprint density at radius 1 is 1.08 bits per heavy atom. The Bertz CT molecular complexity index is 1520. The third-order valence-electron chi connectivity index (χ3n) is 8.70. The van der Waals surface area contributed by atoms with Gasteiger partial charge in [0.2, 0.25) is 0 Å². The quantitative estimate of drug-likeness (QED) is 0.0356. The van der Waals surface area contributed by atoms with Gasteiger partial charge in [-0.1, -0.05) is 52.3 Å². The molecule has 288 valence electrons. The van der Waals surface area contributed by atoms with Gasteiger partial charge in [-0.05, 0) is 86.4 Å².